The molecule has 3 rings (SSSR count). The van der Waals surface area contributed by atoms with Gasteiger partial charge in [0.15, 0.2) is 0 Å². The van der Waals surface area contributed by atoms with Crippen molar-refractivity contribution in [1.29, 1.82) is 0 Å². The Morgan fingerprint density at radius 3 is 2.68 bits per heavy atom. The number of benzene rings is 1. The lowest BCUT2D eigenvalue weighted by molar-refractivity contribution is -0.121. The van der Waals surface area contributed by atoms with Crippen LogP contribution < -0.4 is 10.9 Å². The predicted octanol–water partition coefficient (Wildman–Crippen LogP) is 2.45. The van der Waals surface area contributed by atoms with Crippen LogP contribution in [-0.4, -0.2) is 42.0 Å². The second-order valence-electron chi connectivity index (χ2n) is 6.82. The zero-order chi connectivity index (χ0) is 17.5. The van der Waals surface area contributed by atoms with Crippen LogP contribution in [0, 0.1) is 0 Å². The standard InChI is InChI=1S/C20H27N3O2/c24-19(21-11-14-23-12-5-1-2-6-13-23)10-9-17-15-16-7-3-4-8-18(16)22-20(17)25/h3-4,7-8,15H,1-2,5-6,9-14H2,(H,21,24)(H,22,25). The van der Waals surface area contributed by atoms with Crippen LogP contribution >= 0.6 is 0 Å². The zero-order valence-corrected chi connectivity index (χ0v) is 14.7. The summed E-state index contributed by atoms with van der Waals surface area (Å²) in [6.45, 7) is 3.89. The van der Waals surface area contributed by atoms with Gasteiger partial charge in [-0.15, -0.1) is 0 Å². The van der Waals surface area contributed by atoms with Crippen LogP contribution in [0.25, 0.3) is 10.9 Å². The normalized spacial score (nSPS) is 15.8. The maximum Gasteiger partial charge on any atom is 0.251 e. The first kappa shape index (κ1) is 17.7. The number of aromatic nitrogens is 1. The molecule has 0 atom stereocenters. The molecule has 0 aliphatic carbocycles. The summed E-state index contributed by atoms with van der Waals surface area (Å²) in [6, 6.07) is 9.58. The van der Waals surface area contributed by atoms with Crippen LogP contribution in [0.5, 0.6) is 0 Å². The molecular weight excluding hydrogens is 314 g/mol. The molecule has 1 saturated heterocycles. The van der Waals surface area contributed by atoms with Crippen molar-refractivity contribution in [3.8, 4) is 0 Å². The lowest BCUT2D eigenvalue weighted by Crippen LogP contribution is -2.35. The molecule has 2 heterocycles. The highest BCUT2D eigenvalue weighted by Crippen LogP contribution is 2.11. The molecule has 0 saturated carbocycles. The Morgan fingerprint density at radius 1 is 1.12 bits per heavy atom. The first-order chi connectivity index (χ1) is 12.2. The minimum Gasteiger partial charge on any atom is -0.355 e. The monoisotopic (exact) mass is 341 g/mol. The van der Waals surface area contributed by atoms with E-state index in [1.807, 2.05) is 30.3 Å². The number of carbonyl (C=O) groups is 1. The van der Waals surface area contributed by atoms with Crippen molar-refractivity contribution < 1.29 is 4.79 Å². The first-order valence-corrected chi connectivity index (χ1v) is 9.32. The lowest BCUT2D eigenvalue weighted by atomic mass is 10.1. The van der Waals surface area contributed by atoms with Crippen molar-refractivity contribution in [2.24, 2.45) is 0 Å². The number of likely N-dealkylation sites (tertiary alicyclic amines) is 1. The summed E-state index contributed by atoms with van der Waals surface area (Å²) < 4.78 is 0. The molecule has 2 aromatic rings. The molecule has 1 aliphatic heterocycles. The molecule has 0 spiro atoms. The number of nitrogens with one attached hydrogen (secondary N) is 2. The number of rotatable bonds is 6. The van der Waals surface area contributed by atoms with E-state index in [1.165, 1.54) is 25.7 Å². The summed E-state index contributed by atoms with van der Waals surface area (Å²) in [7, 11) is 0. The number of fused-ring (bicyclic) bond motifs is 1. The Balaban J connectivity index is 1.45. The van der Waals surface area contributed by atoms with Crippen molar-refractivity contribution in [2.75, 3.05) is 26.2 Å². The number of pyridine rings is 1. The predicted molar refractivity (Wildman–Crippen MR) is 101 cm³/mol. The average Bonchev–Trinajstić information content (AvgIpc) is 2.89. The molecule has 1 aromatic heterocycles. The van der Waals surface area contributed by atoms with Gasteiger partial charge in [-0.3, -0.25) is 9.59 Å². The topological polar surface area (TPSA) is 65.2 Å². The van der Waals surface area contributed by atoms with E-state index >= 15 is 0 Å². The van der Waals surface area contributed by atoms with E-state index in [0.29, 0.717) is 24.9 Å². The number of carbonyl (C=O) groups excluding carboxylic acids is 1. The maximum absolute atomic E-state index is 12.1. The molecule has 1 aliphatic rings. The van der Waals surface area contributed by atoms with Crippen LogP contribution in [0.1, 0.15) is 37.7 Å². The fourth-order valence-electron chi connectivity index (χ4n) is 3.43. The smallest absolute Gasteiger partial charge is 0.251 e. The van der Waals surface area contributed by atoms with Gasteiger partial charge in [-0.05, 0) is 49.9 Å². The maximum atomic E-state index is 12.1. The van der Waals surface area contributed by atoms with E-state index in [9.17, 15) is 9.59 Å². The Kier molecular flexibility index (Phi) is 6.23. The van der Waals surface area contributed by atoms with Gasteiger partial charge in [0, 0.05) is 30.6 Å². The summed E-state index contributed by atoms with van der Waals surface area (Å²) in [4.78, 5) is 29.5. The number of aromatic amines is 1. The summed E-state index contributed by atoms with van der Waals surface area (Å²) in [6.07, 6.45) is 5.99. The number of H-pyrrole nitrogens is 1. The highest BCUT2D eigenvalue weighted by molar-refractivity contribution is 5.79. The van der Waals surface area contributed by atoms with E-state index in [2.05, 4.69) is 15.2 Å². The van der Waals surface area contributed by atoms with Gasteiger partial charge in [-0.1, -0.05) is 31.0 Å². The molecule has 0 bridgehead atoms. The van der Waals surface area contributed by atoms with Crippen LogP contribution in [-0.2, 0) is 11.2 Å². The average molecular weight is 341 g/mol. The van der Waals surface area contributed by atoms with Crippen molar-refractivity contribution in [1.82, 2.24) is 15.2 Å². The second kappa shape index (κ2) is 8.81. The Bertz CT molecular complexity index is 761. The number of amides is 1. The van der Waals surface area contributed by atoms with Crippen LogP contribution in [0.3, 0.4) is 0 Å². The summed E-state index contributed by atoms with van der Waals surface area (Å²) in [5.41, 5.74) is 1.40. The quantitative estimate of drug-likeness (QED) is 0.848. The van der Waals surface area contributed by atoms with Crippen LogP contribution in [0.15, 0.2) is 35.1 Å². The highest BCUT2D eigenvalue weighted by atomic mass is 16.1. The fourth-order valence-corrected chi connectivity index (χ4v) is 3.43. The lowest BCUT2D eigenvalue weighted by Gasteiger charge is -2.19. The van der Waals surface area contributed by atoms with Gasteiger partial charge in [-0.2, -0.15) is 0 Å². The molecule has 25 heavy (non-hydrogen) atoms. The third kappa shape index (κ3) is 5.16. The summed E-state index contributed by atoms with van der Waals surface area (Å²) >= 11 is 0. The number of aryl methyl sites for hydroxylation is 1. The van der Waals surface area contributed by atoms with E-state index < -0.39 is 0 Å². The minimum absolute atomic E-state index is 0.0161. The molecular formula is C20H27N3O2. The number of nitrogens with zero attached hydrogens (tertiary/aromatic N) is 1. The Hall–Kier alpha value is -2.14. The van der Waals surface area contributed by atoms with E-state index in [0.717, 1.165) is 30.5 Å². The van der Waals surface area contributed by atoms with Crippen LogP contribution in [0.2, 0.25) is 0 Å². The van der Waals surface area contributed by atoms with Crippen molar-refractivity contribution in [2.45, 2.75) is 38.5 Å². The van der Waals surface area contributed by atoms with E-state index in [1.54, 1.807) is 0 Å². The van der Waals surface area contributed by atoms with Gasteiger partial charge in [-0.25, -0.2) is 0 Å². The van der Waals surface area contributed by atoms with Crippen molar-refractivity contribution >= 4 is 16.8 Å². The number of hydrogen-bond acceptors (Lipinski definition) is 3. The van der Waals surface area contributed by atoms with E-state index in [-0.39, 0.29) is 11.5 Å². The fraction of sp³-hybridized carbons (Fsp3) is 0.500. The van der Waals surface area contributed by atoms with E-state index in [4.69, 9.17) is 0 Å². The largest absolute Gasteiger partial charge is 0.355 e. The third-order valence-corrected chi connectivity index (χ3v) is 4.90. The number of hydrogen-bond donors (Lipinski definition) is 2. The van der Waals surface area contributed by atoms with Gasteiger partial charge >= 0.3 is 0 Å². The van der Waals surface area contributed by atoms with Crippen molar-refractivity contribution in [3.05, 3.63) is 46.2 Å². The molecule has 1 fully saturated rings. The molecule has 5 nitrogen and oxygen atoms in total. The van der Waals surface area contributed by atoms with Crippen LogP contribution in [0.4, 0.5) is 0 Å². The molecule has 0 radical (unpaired) electrons. The Labute approximate surface area is 148 Å². The molecule has 134 valence electrons. The summed E-state index contributed by atoms with van der Waals surface area (Å²) in [5.74, 6) is 0.0161. The molecule has 2 N–H and O–H groups in total. The molecule has 0 unspecified atom stereocenters. The third-order valence-electron chi connectivity index (χ3n) is 4.90. The first-order valence-electron chi connectivity index (χ1n) is 9.32. The minimum atomic E-state index is -0.101. The van der Waals surface area contributed by atoms with Gasteiger partial charge in [0.05, 0.1) is 0 Å². The summed E-state index contributed by atoms with van der Waals surface area (Å²) in [5, 5.41) is 3.98. The van der Waals surface area contributed by atoms with Gasteiger partial charge in [0.2, 0.25) is 5.91 Å². The highest BCUT2D eigenvalue weighted by Gasteiger charge is 2.10. The molecule has 5 heteroatoms. The van der Waals surface area contributed by atoms with Gasteiger partial charge in [0.25, 0.3) is 5.56 Å². The van der Waals surface area contributed by atoms with Crippen molar-refractivity contribution in [3.63, 3.8) is 0 Å². The molecule has 1 aromatic carbocycles. The van der Waals surface area contributed by atoms with Gasteiger partial charge in [0.1, 0.15) is 0 Å². The SMILES string of the molecule is O=C(CCc1cc2ccccc2[nH]c1=O)NCCN1CCCCCC1. The van der Waals surface area contributed by atoms with Gasteiger partial charge < -0.3 is 15.2 Å². The Morgan fingerprint density at radius 2 is 1.88 bits per heavy atom. The molecule has 1 amide bonds. The zero-order valence-electron chi connectivity index (χ0n) is 14.7. The second-order valence-corrected chi connectivity index (χ2v) is 6.82. The number of para-hydroxylation sites is 1.